The van der Waals surface area contributed by atoms with E-state index < -0.39 is 0 Å². The molecule has 0 saturated carbocycles. The third kappa shape index (κ3) is 4.74. The minimum Gasteiger partial charge on any atom is -0.462 e. The van der Waals surface area contributed by atoms with Crippen LogP contribution in [0.1, 0.15) is 43.5 Å². The second kappa shape index (κ2) is 8.03. The lowest BCUT2D eigenvalue weighted by Crippen LogP contribution is -2.26. The predicted molar refractivity (Wildman–Crippen MR) is 85.8 cm³/mol. The fourth-order valence-electron chi connectivity index (χ4n) is 2.77. The van der Waals surface area contributed by atoms with Gasteiger partial charge in [-0.25, -0.2) is 4.79 Å². The van der Waals surface area contributed by atoms with Gasteiger partial charge in [0.1, 0.15) is 0 Å². The first-order valence-electron chi connectivity index (χ1n) is 7.99. The molecule has 1 heterocycles. The number of benzene rings is 1. The molecule has 1 aromatic carbocycles. The van der Waals surface area contributed by atoms with Crippen molar-refractivity contribution in [3.05, 3.63) is 29.8 Å². The molecule has 1 N–H and O–H groups in total. The van der Waals surface area contributed by atoms with Crippen molar-refractivity contribution in [3.8, 4) is 0 Å². The number of nitrogens with one attached hydrogen (secondary N) is 1. The summed E-state index contributed by atoms with van der Waals surface area (Å²) in [4.78, 5) is 14.1. The molecule has 0 aliphatic carbocycles. The third-order valence-corrected chi connectivity index (χ3v) is 4.03. The molecule has 116 valence electrons. The summed E-state index contributed by atoms with van der Waals surface area (Å²) in [6, 6.07) is 8.11. The first-order valence-corrected chi connectivity index (χ1v) is 7.99. The van der Waals surface area contributed by atoms with Crippen molar-refractivity contribution in [2.24, 2.45) is 0 Å². The molecule has 1 atom stereocenters. The molecule has 1 unspecified atom stereocenters. The monoisotopic (exact) mass is 290 g/mol. The topological polar surface area (TPSA) is 41.6 Å². The summed E-state index contributed by atoms with van der Waals surface area (Å²) in [7, 11) is 0. The van der Waals surface area contributed by atoms with Gasteiger partial charge in [0, 0.05) is 18.3 Å². The number of likely N-dealkylation sites (tertiary alicyclic amines) is 1. The summed E-state index contributed by atoms with van der Waals surface area (Å²) in [6.07, 6.45) is 3.62. The minimum atomic E-state index is -0.253. The largest absolute Gasteiger partial charge is 0.462 e. The van der Waals surface area contributed by atoms with Crippen molar-refractivity contribution >= 4 is 11.7 Å². The molecule has 1 fully saturated rings. The molecule has 1 aliphatic rings. The molecule has 4 heteroatoms. The number of carbonyl (C=O) groups is 1. The van der Waals surface area contributed by atoms with Crippen LogP contribution in [0.5, 0.6) is 0 Å². The number of anilines is 1. The Hall–Kier alpha value is -1.55. The van der Waals surface area contributed by atoms with E-state index in [0.29, 0.717) is 18.2 Å². The van der Waals surface area contributed by atoms with Gasteiger partial charge in [0.25, 0.3) is 0 Å². The van der Waals surface area contributed by atoms with Gasteiger partial charge in [-0.3, -0.25) is 0 Å². The summed E-state index contributed by atoms with van der Waals surface area (Å²) >= 11 is 0. The molecule has 1 saturated heterocycles. The van der Waals surface area contributed by atoms with Crippen LogP contribution >= 0.6 is 0 Å². The molecule has 1 aliphatic heterocycles. The van der Waals surface area contributed by atoms with E-state index in [0.717, 1.165) is 18.8 Å². The number of ether oxygens (including phenoxy) is 1. The van der Waals surface area contributed by atoms with E-state index in [9.17, 15) is 4.79 Å². The molecule has 0 spiro atoms. The van der Waals surface area contributed by atoms with E-state index >= 15 is 0 Å². The van der Waals surface area contributed by atoms with Gasteiger partial charge in [-0.15, -0.1) is 0 Å². The van der Waals surface area contributed by atoms with E-state index in [4.69, 9.17) is 4.74 Å². The quantitative estimate of drug-likeness (QED) is 0.846. The molecule has 21 heavy (non-hydrogen) atoms. The molecule has 2 rings (SSSR count). The van der Waals surface area contributed by atoms with Gasteiger partial charge in [-0.05, 0) is 63.5 Å². The van der Waals surface area contributed by atoms with Crippen LogP contribution in [-0.4, -0.2) is 43.2 Å². The van der Waals surface area contributed by atoms with Crippen molar-refractivity contribution in [2.45, 2.75) is 39.2 Å². The van der Waals surface area contributed by atoms with Gasteiger partial charge >= 0.3 is 5.97 Å². The van der Waals surface area contributed by atoms with Crippen molar-refractivity contribution in [1.82, 2.24) is 4.90 Å². The number of esters is 1. The zero-order valence-corrected chi connectivity index (χ0v) is 13.1. The number of carbonyl (C=O) groups excluding carboxylic acids is 1. The standard InChI is InChI=1S/C17H26N2O2/c1-3-19-12-5-6-15(11-13-19)18-16-9-7-14(8-10-16)17(20)21-4-2/h7-10,15,18H,3-6,11-13H2,1-2H3. The van der Waals surface area contributed by atoms with Gasteiger partial charge in [0.05, 0.1) is 12.2 Å². The van der Waals surface area contributed by atoms with Crippen molar-refractivity contribution in [1.29, 1.82) is 0 Å². The Labute approximate surface area is 127 Å². The van der Waals surface area contributed by atoms with Crippen LogP contribution in [0.3, 0.4) is 0 Å². The van der Waals surface area contributed by atoms with Crippen LogP contribution < -0.4 is 5.32 Å². The maximum Gasteiger partial charge on any atom is 0.338 e. The Morgan fingerprint density at radius 2 is 2.00 bits per heavy atom. The fraction of sp³-hybridized carbons (Fsp3) is 0.588. The number of rotatable bonds is 5. The van der Waals surface area contributed by atoms with E-state index in [1.807, 2.05) is 31.2 Å². The molecular weight excluding hydrogens is 264 g/mol. The number of nitrogens with zero attached hydrogens (tertiary/aromatic N) is 1. The van der Waals surface area contributed by atoms with E-state index in [1.165, 1.54) is 25.8 Å². The Morgan fingerprint density at radius 1 is 1.24 bits per heavy atom. The Morgan fingerprint density at radius 3 is 2.67 bits per heavy atom. The van der Waals surface area contributed by atoms with Gasteiger partial charge in [-0.1, -0.05) is 6.92 Å². The van der Waals surface area contributed by atoms with E-state index in [2.05, 4.69) is 17.1 Å². The molecular formula is C17H26N2O2. The summed E-state index contributed by atoms with van der Waals surface area (Å²) in [5.74, 6) is -0.253. The summed E-state index contributed by atoms with van der Waals surface area (Å²) in [5.41, 5.74) is 1.69. The summed E-state index contributed by atoms with van der Waals surface area (Å²) in [6.45, 7) is 7.96. The lowest BCUT2D eigenvalue weighted by molar-refractivity contribution is 0.0526. The number of hydrogen-bond acceptors (Lipinski definition) is 4. The summed E-state index contributed by atoms with van der Waals surface area (Å²) < 4.78 is 4.99. The molecule has 0 amide bonds. The van der Waals surface area contributed by atoms with Gasteiger partial charge in [0.2, 0.25) is 0 Å². The van der Waals surface area contributed by atoms with Gasteiger partial charge in [0.15, 0.2) is 0 Å². The fourth-order valence-corrected chi connectivity index (χ4v) is 2.77. The average Bonchev–Trinajstić information content (AvgIpc) is 2.73. The lowest BCUT2D eigenvalue weighted by atomic mass is 10.1. The smallest absolute Gasteiger partial charge is 0.338 e. The predicted octanol–water partition coefficient (Wildman–Crippen LogP) is 3.15. The third-order valence-electron chi connectivity index (χ3n) is 4.03. The number of hydrogen-bond donors (Lipinski definition) is 1. The maximum atomic E-state index is 11.6. The van der Waals surface area contributed by atoms with Gasteiger partial charge < -0.3 is 15.0 Å². The van der Waals surface area contributed by atoms with Crippen LogP contribution in [0.2, 0.25) is 0 Å². The highest BCUT2D eigenvalue weighted by molar-refractivity contribution is 5.89. The Bertz CT molecular complexity index is 445. The maximum absolute atomic E-state index is 11.6. The molecule has 0 aromatic heterocycles. The SMILES string of the molecule is CCOC(=O)c1ccc(NC2CCCN(CC)CC2)cc1. The normalized spacial score (nSPS) is 19.8. The molecule has 0 bridgehead atoms. The first-order chi connectivity index (χ1) is 10.2. The van der Waals surface area contributed by atoms with Gasteiger partial charge in [-0.2, -0.15) is 0 Å². The van der Waals surface area contributed by atoms with Crippen LogP contribution in [0.25, 0.3) is 0 Å². The second-order valence-corrected chi connectivity index (χ2v) is 5.50. The molecule has 1 aromatic rings. The minimum absolute atomic E-state index is 0.253. The Balaban J connectivity index is 1.89. The highest BCUT2D eigenvalue weighted by Gasteiger charge is 2.16. The average molecular weight is 290 g/mol. The first kappa shape index (κ1) is 15.8. The second-order valence-electron chi connectivity index (χ2n) is 5.50. The van der Waals surface area contributed by atoms with Crippen LogP contribution in [0, 0.1) is 0 Å². The highest BCUT2D eigenvalue weighted by Crippen LogP contribution is 2.17. The van der Waals surface area contributed by atoms with Crippen LogP contribution in [0.15, 0.2) is 24.3 Å². The molecule has 0 radical (unpaired) electrons. The zero-order chi connectivity index (χ0) is 15.1. The van der Waals surface area contributed by atoms with Crippen molar-refractivity contribution in [3.63, 3.8) is 0 Å². The van der Waals surface area contributed by atoms with Crippen LogP contribution in [0.4, 0.5) is 5.69 Å². The lowest BCUT2D eigenvalue weighted by Gasteiger charge is -2.19. The Kier molecular flexibility index (Phi) is 6.05. The zero-order valence-electron chi connectivity index (χ0n) is 13.1. The van der Waals surface area contributed by atoms with Crippen LogP contribution in [-0.2, 0) is 4.74 Å². The van der Waals surface area contributed by atoms with E-state index in [1.54, 1.807) is 0 Å². The highest BCUT2D eigenvalue weighted by atomic mass is 16.5. The summed E-state index contributed by atoms with van der Waals surface area (Å²) in [5, 5.41) is 3.58. The van der Waals surface area contributed by atoms with Crippen molar-refractivity contribution in [2.75, 3.05) is 31.6 Å². The molecule has 4 nitrogen and oxygen atoms in total. The van der Waals surface area contributed by atoms with E-state index in [-0.39, 0.29) is 5.97 Å². The van der Waals surface area contributed by atoms with Crippen molar-refractivity contribution < 1.29 is 9.53 Å².